The Morgan fingerprint density at radius 2 is 1.23 bits per heavy atom. The van der Waals surface area contributed by atoms with E-state index in [2.05, 4.69) is 27.7 Å². The summed E-state index contributed by atoms with van der Waals surface area (Å²) in [4.78, 5) is 0. The van der Waals surface area contributed by atoms with Gasteiger partial charge in [-0.05, 0) is 39.8 Å². The van der Waals surface area contributed by atoms with Crippen molar-refractivity contribution in [3.05, 3.63) is 0 Å². The Balaban J connectivity index is 2.52. The molecule has 1 rings (SSSR count). The van der Waals surface area contributed by atoms with Crippen LogP contribution in [-0.4, -0.2) is 20.8 Å². The Bertz CT molecular complexity index is 139. The zero-order valence-corrected chi connectivity index (χ0v) is 10.3. The minimum Gasteiger partial charge on any atom is -0.392 e. The fourth-order valence-electron chi connectivity index (χ4n) is 2.04. The van der Waals surface area contributed by atoms with Crippen LogP contribution in [0.15, 0.2) is 0 Å². The van der Waals surface area contributed by atoms with Gasteiger partial charge in [0.15, 0.2) is 0 Å². The van der Waals surface area contributed by atoms with Crippen LogP contribution in [0.25, 0.3) is 0 Å². The van der Waals surface area contributed by atoms with E-state index in [1.54, 1.807) is 0 Å². The van der Waals surface area contributed by atoms with E-state index in [1.165, 1.54) is 24.9 Å². The molecule has 0 N–H and O–H groups in total. The standard InChI is InChI=1S/C10H22O2Si/c1-9(2)11-13(12-10(3)4)7-5-6-8-13/h9-10H,5-8H2,1-4H3. The molecule has 0 aromatic heterocycles. The summed E-state index contributed by atoms with van der Waals surface area (Å²) in [5.74, 6) is 0. The molecular weight excluding hydrogens is 180 g/mol. The second-order valence-corrected chi connectivity index (χ2v) is 7.74. The molecular formula is C10H22O2Si. The van der Waals surface area contributed by atoms with Crippen molar-refractivity contribution in [3.63, 3.8) is 0 Å². The van der Waals surface area contributed by atoms with Crippen LogP contribution in [0.5, 0.6) is 0 Å². The van der Waals surface area contributed by atoms with Crippen molar-refractivity contribution in [1.29, 1.82) is 0 Å². The van der Waals surface area contributed by atoms with E-state index in [0.717, 1.165) is 0 Å². The zero-order chi connectivity index (χ0) is 9.90. The summed E-state index contributed by atoms with van der Waals surface area (Å²) in [5, 5.41) is 0. The van der Waals surface area contributed by atoms with Crippen molar-refractivity contribution in [3.8, 4) is 0 Å². The van der Waals surface area contributed by atoms with Gasteiger partial charge in [0, 0.05) is 12.2 Å². The van der Waals surface area contributed by atoms with Gasteiger partial charge in [-0.2, -0.15) is 0 Å². The Labute approximate surface area is 82.9 Å². The molecule has 1 saturated heterocycles. The average molecular weight is 202 g/mol. The molecule has 0 atom stereocenters. The van der Waals surface area contributed by atoms with E-state index >= 15 is 0 Å². The molecule has 0 saturated carbocycles. The summed E-state index contributed by atoms with van der Waals surface area (Å²) >= 11 is 0. The predicted molar refractivity (Wildman–Crippen MR) is 57.0 cm³/mol. The van der Waals surface area contributed by atoms with Gasteiger partial charge in [-0.1, -0.05) is 12.8 Å². The molecule has 0 amide bonds. The molecule has 0 aromatic carbocycles. The van der Waals surface area contributed by atoms with E-state index in [1.807, 2.05) is 0 Å². The molecule has 78 valence electrons. The van der Waals surface area contributed by atoms with Crippen LogP contribution in [0.2, 0.25) is 12.1 Å². The van der Waals surface area contributed by atoms with Crippen molar-refractivity contribution in [1.82, 2.24) is 0 Å². The molecule has 2 nitrogen and oxygen atoms in total. The summed E-state index contributed by atoms with van der Waals surface area (Å²) in [6.45, 7) is 8.43. The van der Waals surface area contributed by atoms with Crippen molar-refractivity contribution in [2.24, 2.45) is 0 Å². The normalized spacial score (nSPS) is 21.7. The average Bonchev–Trinajstić information content (AvgIpc) is 2.33. The molecule has 0 bridgehead atoms. The number of hydrogen-bond acceptors (Lipinski definition) is 2. The van der Waals surface area contributed by atoms with E-state index in [0.29, 0.717) is 12.2 Å². The predicted octanol–water partition coefficient (Wildman–Crippen LogP) is 3.07. The van der Waals surface area contributed by atoms with Crippen molar-refractivity contribution >= 4 is 8.56 Å². The first-order valence-electron chi connectivity index (χ1n) is 5.40. The summed E-state index contributed by atoms with van der Waals surface area (Å²) in [7, 11) is -1.76. The third-order valence-electron chi connectivity index (χ3n) is 2.27. The van der Waals surface area contributed by atoms with Gasteiger partial charge >= 0.3 is 8.56 Å². The minimum atomic E-state index is -1.76. The zero-order valence-electron chi connectivity index (χ0n) is 9.30. The molecule has 3 heteroatoms. The highest BCUT2D eigenvalue weighted by molar-refractivity contribution is 6.68. The third-order valence-corrected chi connectivity index (χ3v) is 6.30. The summed E-state index contributed by atoms with van der Waals surface area (Å²) in [5.41, 5.74) is 0. The highest BCUT2D eigenvalue weighted by Gasteiger charge is 2.42. The van der Waals surface area contributed by atoms with E-state index < -0.39 is 8.56 Å². The monoisotopic (exact) mass is 202 g/mol. The highest BCUT2D eigenvalue weighted by atomic mass is 28.4. The van der Waals surface area contributed by atoms with Crippen LogP contribution in [-0.2, 0) is 8.85 Å². The quantitative estimate of drug-likeness (QED) is 0.652. The van der Waals surface area contributed by atoms with Crippen molar-refractivity contribution < 1.29 is 8.85 Å². The fourth-order valence-corrected chi connectivity index (χ4v) is 6.11. The minimum absolute atomic E-state index is 0.323. The van der Waals surface area contributed by atoms with Gasteiger partial charge in [0.1, 0.15) is 0 Å². The van der Waals surface area contributed by atoms with Gasteiger partial charge in [0.05, 0.1) is 0 Å². The smallest absolute Gasteiger partial charge is 0.338 e. The van der Waals surface area contributed by atoms with Crippen molar-refractivity contribution in [2.45, 2.75) is 64.8 Å². The summed E-state index contributed by atoms with van der Waals surface area (Å²) in [6.07, 6.45) is 3.24. The van der Waals surface area contributed by atoms with Crippen LogP contribution in [0.3, 0.4) is 0 Å². The lowest BCUT2D eigenvalue weighted by Crippen LogP contribution is -2.43. The summed E-state index contributed by atoms with van der Waals surface area (Å²) in [6, 6.07) is 2.40. The van der Waals surface area contributed by atoms with Gasteiger partial charge in [-0.25, -0.2) is 0 Å². The molecule has 0 spiro atoms. The number of hydrogen-bond donors (Lipinski definition) is 0. The molecule has 1 aliphatic rings. The Hall–Kier alpha value is 0.137. The van der Waals surface area contributed by atoms with Gasteiger partial charge in [-0.3, -0.25) is 0 Å². The lowest BCUT2D eigenvalue weighted by molar-refractivity contribution is 0.109. The maximum atomic E-state index is 6.03. The largest absolute Gasteiger partial charge is 0.392 e. The maximum absolute atomic E-state index is 6.03. The number of rotatable bonds is 4. The second-order valence-electron chi connectivity index (χ2n) is 4.45. The van der Waals surface area contributed by atoms with E-state index in [9.17, 15) is 0 Å². The lowest BCUT2D eigenvalue weighted by atomic mass is 10.4. The van der Waals surface area contributed by atoms with Crippen LogP contribution in [0.1, 0.15) is 40.5 Å². The maximum Gasteiger partial charge on any atom is 0.338 e. The fraction of sp³-hybridized carbons (Fsp3) is 1.00. The molecule has 1 aliphatic heterocycles. The van der Waals surface area contributed by atoms with E-state index in [4.69, 9.17) is 8.85 Å². The Morgan fingerprint density at radius 1 is 0.846 bits per heavy atom. The SMILES string of the molecule is CC(C)O[Si]1(OC(C)C)CCCC1. The van der Waals surface area contributed by atoms with Crippen LogP contribution >= 0.6 is 0 Å². The van der Waals surface area contributed by atoms with Gasteiger partial charge in [-0.15, -0.1) is 0 Å². The van der Waals surface area contributed by atoms with Gasteiger partial charge < -0.3 is 8.85 Å². The first kappa shape index (κ1) is 11.2. The van der Waals surface area contributed by atoms with Crippen LogP contribution in [0, 0.1) is 0 Å². The molecule has 1 fully saturated rings. The molecule has 0 radical (unpaired) electrons. The molecule has 13 heavy (non-hydrogen) atoms. The third kappa shape index (κ3) is 3.41. The first-order valence-corrected chi connectivity index (χ1v) is 7.63. The van der Waals surface area contributed by atoms with Gasteiger partial charge in [0.25, 0.3) is 0 Å². The highest BCUT2D eigenvalue weighted by Crippen LogP contribution is 2.33. The molecule has 0 aromatic rings. The Morgan fingerprint density at radius 3 is 1.54 bits per heavy atom. The first-order chi connectivity index (χ1) is 6.04. The van der Waals surface area contributed by atoms with Crippen LogP contribution < -0.4 is 0 Å². The second kappa shape index (κ2) is 4.58. The molecule has 0 unspecified atom stereocenters. The van der Waals surface area contributed by atoms with Gasteiger partial charge in [0.2, 0.25) is 0 Å². The lowest BCUT2D eigenvalue weighted by Gasteiger charge is -2.30. The summed E-state index contributed by atoms with van der Waals surface area (Å²) < 4.78 is 12.1. The molecule has 0 aliphatic carbocycles. The Kier molecular flexibility index (Phi) is 3.95. The van der Waals surface area contributed by atoms with Crippen LogP contribution in [0.4, 0.5) is 0 Å². The van der Waals surface area contributed by atoms with E-state index in [-0.39, 0.29) is 0 Å². The molecule has 1 heterocycles. The van der Waals surface area contributed by atoms with Crippen molar-refractivity contribution in [2.75, 3.05) is 0 Å². The topological polar surface area (TPSA) is 18.5 Å².